The first-order chi connectivity index (χ1) is 14.5. The lowest BCUT2D eigenvalue weighted by molar-refractivity contribution is 0.479. The van der Waals surface area contributed by atoms with E-state index in [1.54, 1.807) is 45.0 Å². The second-order valence-corrected chi connectivity index (χ2v) is 11.7. The van der Waals surface area contributed by atoms with Gasteiger partial charge in [-0.05, 0) is 50.6 Å². The van der Waals surface area contributed by atoms with Crippen LogP contribution >= 0.6 is 22.9 Å². The van der Waals surface area contributed by atoms with E-state index >= 15 is 0 Å². The highest BCUT2D eigenvalue weighted by molar-refractivity contribution is 7.93. The van der Waals surface area contributed by atoms with Gasteiger partial charge in [-0.2, -0.15) is 0 Å². The molecule has 4 rings (SSSR count). The standard InChI is InChI=1S/C20H20ClFN4O3S2/c1-4-20(3)18(23)24-19(2,10-31(20,27)28)15-13(22)9-14(30-15)17-26-25-16(29-17)11-5-7-12(21)8-6-11/h5-9H,4,10H2,1-3H3,(H2,23,24)/t19-,20+/m0/s1. The molecule has 1 aromatic carbocycles. The summed E-state index contributed by atoms with van der Waals surface area (Å²) in [6.45, 7) is 4.85. The second kappa shape index (κ2) is 7.39. The largest absolute Gasteiger partial charge is 0.415 e. The minimum absolute atomic E-state index is 0.0130. The van der Waals surface area contributed by atoms with Crippen LogP contribution in [-0.4, -0.2) is 35.0 Å². The normalized spacial score (nSPS) is 25.4. The van der Waals surface area contributed by atoms with Crippen LogP contribution in [0.4, 0.5) is 4.39 Å². The fourth-order valence-corrected chi connectivity index (χ4v) is 6.83. The van der Waals surface area contributed by atoms with Crippen LogP contribution in [0.15, 0.2) is 39.7 Å². The van der Waals surface area contributed by atoms with Crippen LogP contribution < -0.4 is 5.73 Å². The molecular weight excluding hydrogens is 463 g/mol. The number of hydrogen-bond donors (Lipinski definition) is 1. The van der Waals surface area contributed by atoms with Crippen molar-refractivity contribution in [2.45, 2.75) is 37.5 Å². The third-order valence-electron chi connectivity index (χ3n) is 5.64. The number of nitrogens with two attached hydrogens (primary N) is 1. The quantitative estimate of drug-likeness (QED) is 0.588. The van der Waals surface area contributed by atoms with E-state index in [2.05, 4.69) is 15.2 Å². The number of hydrogen-bond acceptors (Lipinski definition) is 8. The average Bonchev–Trinajstić information content (AvgIpc) is 3.33. The minimum atomic E-state index is -3.66. The Bertz CT molecular complexity index is 1290. The van der Waals surface area contributed by atoms with Gasteiger partial charge in [-0.1, -0.05) is 18.5 Å². The first kappa shape index (κ1) is 21.9. The van der Waals surface area contributed by atoms with Crippen molar-refractivity contribution >= 4 is 38.6 Å². The number of aromatic nitrogens is 2. The van der Waals surface area contributed by atoms with Gasteiger partial charge in [-0.25, -0.2) is 12.8 Å². The Morgan fingerprint density at radius 1 is 1.23 bits per heavy atom. The molecule has 0 fully saturated rings. The minimum Gasteiger partial charge on any atom is -0.415 e. The molecule has 0 aliphatic carbocycles. The highest BCUT2D eigenvalue weighted by Crippen LogP contribution is 2.44. The number of aliphatic imine (C=N–C) groups is 1. The Labute approximate surface area is 188 Å². The van der Waals surface area contributed by atoms with E-state index in [9.17, 15) is 12.8 Å². The van der Waals surface area contributed by atoms with Crippen LogP contribution in [0.2, 0.25) is 5.02 Å². The van der Waals surface area contributed by atoms with Gasteiger partial charge in [0, 0.05) is 10.6 Å². The fourth-order valence-electron chi connectivity index (χ4n) is 3.50. The predicted octanol–water partition coefficient (Wildman–Crippen LogP) is 4.43. The third kappa shape index (κ3) is 3.56. The molecule has 0 spiro atoms. The average molecular weight is 483 g/mol. The van der Waals surface area contributed by atoms with Gasteiger partial charge in [0.05, 0.1) is 15.5 Å². The Kier molecular flexibility index (Phi) is 5.22. The smallest absolute Gasteiger partial charge is 0.258 e. The van der Waals surface area contributed by atoms with Crippen molar-refractivity contribution in [1.29, 1.82) is 0 Å². The van der Waals surface area contributed by atoms with Crippen molar-refractivity contribution in [3.05, 3.63) is 46.0 Å². The summed E-state index contributed by atoms with van der Waals surface area (Å²) in [7, 11) is -3.66. The van der Waals surface area contributed by atoms with Gasteiger partial charge in [0.1, 0.15) is 21.9 Å². The van der Waals surface area contributed by atoms with Gasteiger partial charge in [0.25, 0.3) is 5.89 Å². The van der Waals surface area contributed by atoms with Gasteiger partial charge in [-0.3, -0.25) is 4.99 Å². The Balaban J connectivity index is 1.73. The summed E-state index contributed by atoms with van der Waals surface area (Å²) in [6.07, 6.45) is 0.286. The monoisotopic (exact) mass is 482 g/mol. The van der Waals surface area contributed by atoms with E-state index in [4.69, 9.17) is 21.8 Å². The third-order valence-corrected chi connectivity index (χ3v) is 10.1. The van der Waals surface area contributed by atoms with Gasteiger partial charge in [0.2, 0.25) is 5.89 Å². The number of sulfone groups is 1. The number of thiophene rings is 1. The van der Waals surface area contributed by atoms with E-state index < -0.39 is 25.9 Å². The van der Waals surface area contributed by atoms with Crippen molar-refractivity contribution < 1.29 is 17.2 Å². The molecule has 2 atom stereocenters. The number of halogens is 2. The first-order valence-corrected chi connectivity index (χ1v) is 12.3. The molecule has 2 N–H and O–H groups in total. The summed E-state index contributed by atoms with van der Waals surface area (Å²) in [5.41, 5.74) is 5.39. The van der Waals surface area contributed by atoms with E-state index in [0.717, 1.165) is 11.3 Å². The summed E-state index contributed by atoms with van der Waals surface area (Å²) in [5, 5.41) is 8.58. The van der Waals surface area contributed by atoms with Crippen LogP contribution in [0.3, 0.4) is 0 Å². The Hall–Kier alpha value is -2.30. The molecule has 0 saturated carbocycles. The lowest BCUT2D eigenvalue weighted by atomic mass is 10.0. The van der Waals surface area contributed by atoms with Gasteiger partial charge in [-0.15, -0.1) is 21.5 Å². The molecule has 3 heterocycles. The molecule has 1 aliphatic rings. The molecule has 0 saturated heterocycles. The molecular formula is C20H20ClFN4O3S2. The van der Waals surface area contributed by atoms with Gasteiger partial charge in [0.15, 0.2) is 9.84 Å². The van der Waals surface area contributed by atoms with Crippen molar-refractivity contribution in [2.24, 2.45) is 10.7 Å². The summed E-state index contributed by atoms with van der Waals surface area (Å²) in [6, 6.07) is 8.10. The van der Waals surface area contributed by atoms with E-state index in [0.29, 0.717) is 15.5 Å². The van der Waals surface area contributed by atoms with Gasteiger partial charge >= 0.3 is 0 Å². The maximum atomic E-state index is 15.0. The zero-order chi connectivity index (χ0) is 22.6. The summed E-state index contributed by atoms with van der Waals surface area (Å²) in [5.74, 6) is -0.574. The van der Waals surface area contributed by atoms with Crippen molar-refractivity contribution in [2.75, 3.05) is 5.75 Å². The Morgan fingerprint density at radius 3 is 2.48 bits per heavy atom. The molecule has 0 amide bonds. The van der Waals surface area contributed by atoms with Crippen LogP contribution in [0.25, 0.3) is 22.2 Å². The zero-order valence-electron chi connectivity index (χ0n) is 17.0. The molecule has 164 valence electrons. The number of nitrogens with zero attached hydrogens (tertiary/aromatic N) is 3. The summed E-state index contributed by atoms with van der Waals surface area (Å²) in [4.78, 5) is 4.96. The number of amidine groups is 1. The van der Waals surface area contributed by atoms with Crippen LogP contribution in [0.5, 0.6) is 0 Å². The maximum absolute atomic E-state index is 15.0. The Morgan fingerprint density at radius 2 is 1.87 bits per heavy atom. The molecule has 31 heavy (non-hydrogen) atoms. The van der Waals surface area contributed by atoms with Crippen LogP contribution in [0.1, 0.15) is 32.1 Å². The topological polar surface area (TPSA) is 111 Å². The highest BCUT2D eigenvalue weighted by atomic mass is 35.5. The molecule has 2 aromatic heterocycles. The molecule has 11 heteroatoms. The van der Waals surface area contributed by atoms with E-state index in [1.165, 1.54) is 6.07 Å². The van der Waals surface area contributed by atoms with E-state index in [1.807, 2.05) is 0 Å². The van der Waals surface area contributed by atoms with E-state index in [-0.39, 0.29) is 34.7 Å². The molecule has 0 radical (unpaired) electrons. The maximum Gasteiger partial charge on any atom is 0.258 e. The molecule has 3 aromatic rings. The highest BCUT2D eigenvalue weighted by Gasteiger charge is 2.51. The zero-order valence-corrected chi connectivity index (χ0v) is 19.4. The summed E-state index contributed by atoms with van der Waals surface area (Å²) >= 11 is 6.92. The molecule has 1 aliphatic heterocycles. The van der Waals surface area contributed by atoms with Crippen LogP contribution in [-0.2, 0) is 15.4 Å². The lowest BCUT2D eigenvalue weighted by Gasteiger charge is -2.38. The fraction of sp³-hybridized carbons (Fsp3) is 0.350. The molecule has 7 nitrogen and oxygen atoms in total. The van der Waals surface area contributed by atoms with Crippen molar-refractivity contribution in [1.82, 2.24) is 10.2 Å². The lowest BCUT2D eigenvalue weighted by Crippen LogP contribution is -2.56. The van der Waals surface area contributed by atoms with Crippen molar-refractivity contribution in [3.63, 3.8) is 0 Å². The predicted molar refractivity (Wildman–Crippen MR) is 119 cm³/mol. The van der Waals surface area contributed by atoms with Crippen molar-refractivity contribution in [3.8, 4) is 22.2 Å². The number of benzene rings is 1. The molecule has 0 bridgehead atoms. The second-order valence-electron chi connectivity index (χ2n) is 7.82. The summed E-state index contributed by atoms with van der Waals surface area (Å²) < 4.78 is 45.3. The SMILES string of the molecule is CC[C@]1(C)C(N)=N[C@](C)(c2sc(-c3nnc(-c4ccc(Cl)cc4)o3)cc2F)CS1(=O)=O. The van der Waals surface area contributed by atoms with Crippen LogP contribution in [0, 0.1) is 5.82 Å². The first-order valence-electron chi connectivity index (χ1n) is 9.47. The molecule has 0 unspecified atom stereocenters. The van der Waals surface area contributed by atoms with Gasteiger partial charge < -0.3 is 10.2 Å². The number of rotatable bonds is 4.